The third kappa shape index (κ3) is 6.84. The van der Waals surface area contributed by atoms with Crippen LogP contribution >= 0.6 is 0 Å². The van der Waals surface area contributed by atoms with E-state index < -0.39 is 62.7 Å². The molecule has 0 amide bonds. The minimum absolute atomic E-state index is 0.251. The quantitative estimate of drug-likeness (QED) is 0.380. The second kappa shape index (κ2) is 9.92. The highest BCUT2D eigenvalue weighted by Gasteiger charge is 2.55. The van der Waals surface area contributed by atoms with Gasteiger partial charge >= 0.3 is 0 Å². The predicted molar refractivity (Wildman–Crippen MR) is 123 cm³/mol. The molecule has 4 aliphatic rings. The zero-order chi connectivity index (χ0) is 24.8. The zero-order valence-corrected chi connectivity index (χ0v) is 21.9. The van der Waals surface area contributed by atoms with Crippen LogP contribution in [0.5, 0.6) is 0 Å². The van der Waals surface area contributed by atoms with E-state index in [0.29, 0.717) is 12.8 Å². The Bertz CT molecular complexity index is 679. The number of hydrogen-bond acceptors (Lipinski definition) is 9. The summed E-state index contributed by atoms with van der Waals surface area (Å²) < 4.78 is 33.4. The Kier molecular flexibility index (Phi) is 8.18. The van der Waals surface area contributed by atoms with Crippen LogP contribution in [0.25, 0.3) is 0 Å². The van der Waals surface area contributed by atoms with Crippen molar-refractivity contribution in [3.05, 3.63) is 12.7 Å². The minimum atomic E-state index is -1.32. The SMILES string of the molecule is C=CCC1O[C@@H]2OC(C)(C)OC2[C@H]1O.CC1(C)OC2[C@H](OC(CC(O)C[Si](C)(C)C)[C@@H]2O)O1. The van der Waals surface area contributed by atoms with Crippen LogP contribution in [0.2, 0.25) is 25.7 Å². The number of aliphatic hydroxyl groups excluding tert-OH is 3. The van der Waals surface area contributed by atoms with Gasteiger partial charge in [-0.05, 0) is 40.2 Å². The molecule has 33 heavy (non-hydrogen) atoms. The maximum atomic E-state index is 10.2. The Morgan fingerprint density at radius 2 is 1.30 bits per heavy atom. The monoisotopic (exact) mass is 490 g/mol. The van der Waals surface area contributed by atoms with Gasteiger partial charge in [0.25, 0.3) is 0 Å². The molecule has 0 spiro atoms. The van der Waals surface area contributed by atoms with Crippen molar-refractivity contribution in [1.82, 2.24) is 0 Å². The molecule has 0 bridgehead atoms. The van der Waals surface area contributed by atoms with Crippen molar-refractivity contribution < 1.29 is 43.7 Å². The van der Waals surface area contributed by atoms with E-state index in [0.717, 1.165) is 6.04 Å². The van der Waals surface area contributed by atoms with Gasteiger partial charge in [0.15, 0.2) is 24.2 Å². The largest absolute Gasteiger partial charge is 0.393 e. The molecule has 4 rings (SSSR count). The second-order valence-electron chi connectivity index (χ2n) is 11.4. The van der Waals surface area contributed by atoms with Crippen molar-refractivity contribution in [3.63, 3.8) is 0 Å². The summed E-state index contributed by atoms with van der Waals surface area (Å²) in [6.07, 6.45) is -1.45. The van der Waals surface area contributed by atoms with Crippen molar-refractivity contribution >= 4 is 8.07 Å². The summed E-state index contributed by atoms with van der Waals surface area (Å²) in [5, 5.41) is 30.1. The molecule has 192 valence electrons. The van der Waals surface area contributed by atoms with Gasteiger partial charge < -0.3 is 43.7 Å². The smallest absolute Gasteiger partial charge is 0.190 e. The molecule has 4 fully saturated rings. The summed E-state index contributed by atoms with van der Waals surface area (Å²) in [5.41, 5.74) is 0. The third-order valence-corrected chi connectivity index (χ3v) is 7.68. The Labute approximate surface area is 198 Å². The summed E-state index contributed by atoms with van der Waals surface area (Å²) in [4.78, 5) is 0. The van der Waals surface area contributed by atoms with Crippen molar-refractivity contribution in [2.24, 2.45) is 0 Å². The lowest BCUT2D eigenvalue weighted by atomic mass is 10.1. The Balaban J connectivity index is 0.000000194. The van der Waals surface area contributed by atoms with Gasteiger partial charge in [0.05, 0.1) is 18.3 Å². The molecule has 10 heteroatoms. The molecule has 4 aliphatic heterocycles. The second-order valence-corrected chi connectivity index (χ2v) is 17.0. The lowest BCUT2D eigenvalue weighted by molar-refractivity contribution is -0.217. The minimum Gasteiger partial charge on any atom is -0.393 e. The number of fused-ring (bicyclic) bond motifs is 2. The Morgan fingerprint density at radius 3 is 1.73 bits per heavy atom. The first-order valence-corrected chi connectivity index (χ1v) is 15.5. The molecule has 0 saturated carbocycles. The fourth-order valence-electron chi connectivity index (χ4n) is 4.73. The maximum Gasteiger partial charge on any atom is 0.190 e. The number of hydrogen-bond donors (Lipinski definition) is 3. The van der Waals surface area contributed by atoms with Crippen molar-refractivity contribution in [2.45, 2.75) is 133 Å². The Hall–Kier alpha value is -0.403. The van der Waals surface area contributed by atoms with E-state index in [4.69, 9.17) is 28.4 Å². The molecule has 9 atom stereocenters. The average Bonchev–Trinajstić information content (AvgIpc) is 3.28. The van der Waals surface area contributed by atoms with E-state index in [2.05, 4.69) is 26.2 Å². The molecule has 0 aliphatic carbocycles. The molecular weight excluding hydrogens is 448 g/mol. The first-order valence-electron chi connectivity index (χ1n) is 11.8. The molecule has 9 nitrogen and oxygen atoms in total. The number of aliphatic hydroxyl groups is 3. The van der Waals surface area contributed by atoms with E-state index in [1.165, 1.54) is 0 Å². The van der Waals surface area contributed by atoms with Crippen LogP contribution in [0.15, 0.2) is 12.7 Å². The molecule has 0 aromatic heterocycles. The van der Waals surface area contributed by atoms with Crippen LogP contribution in [0, 0.1) is 0 Å². The van der Waals surface area contributed by atoms with E-state index in [9.17, 15) is 15.3 Å². The summed E-state index contributed by atoms with van der Waals surface area (Å²) in [6, 6.07) is 0.808. The summed E-state index contributed by atoms with van der Waals surface area (Å²) in [6.45, 7) is 17.5. The van der Waals surface area contributed by atoms with Gasteiger partial charge in [-0.3, -0.25) is 0 Å². The fraction of sp³-hybridized carbons (Fsp3) is 0.913. The zero-order valence-electron chi connectivity index (χ0n) is 20.9. The molecule has 5 unspecified atom stereocenters. The van der Waals surface area contributed by atoms with Gasteiger partial charge in [-0.15, -0.1) is 6.58 Å². The number of ether oxygens (including phenoxy) is 6. The molecule has 0 aromatic carbocycles. The lowest BCUT2D eigenvalue weighted by Gasteiger charge is -2.26. The van der Waals surface area contributed by atoms with Crippen molar-refractivity contribution in [1.29, 1.82) is 0 Å². The van der Waals surface area contributed by atoms with Crippen LogP contribution in [-0.4, -0.2) is 90.3 Å². The summed E-state index contributed by atoms with van der Waals surface area (Å²) in [7, 11) is -1.32. The highest BCUT2D eigenvalue weighted by atomic mass is 28.3. The maximum absolute atomic E-state index is 10.2. The first-order chi connectivity index (χ1) is 15.1. The van der Waals surface area contributed by atoms with E-state index in [1.54, 1.807) is 19.9 Å². The third-order valence-electron chi connectivity index (χ3n) is 5.98. The highest BCUT2D eigenvalue weighted by Crippen LogP contribution is 2.39. The highest BCUT2D eigenvalue weighted by molar-refractivity contribution is 6.76. The van der Waals surface area contributed by atoms with Crippen molar-refractivity contribution in [3.8, 4) is 0 Å². The molecule has 0 aromatic rings. The Morgan fingerprint density at radius 1 is 0.848 bits per heavy atom. The topological polar surface area (TPSA) is 116 Å². The van der Waals surface area contributed by atoms with E-state index >= 15 is 0 Å². The van der Waals surface area contributed by atoms with Gasteiger partial charge in [-0.2, -0.15) is 0 Å². The molecule has 0 radical (unpaired) electrons. The van der Waals surface area contributed by atoms with Gasteiger partial charge in [-0.1, -0.05) is 25.7 Å². The normalized spacial score (nSPS) is 41.8. The number of rotatable bonds is 6. The van der Waals surface area contributed by atoms with Gasteiger partial charge in [0.1, 0.15) is 24.4 Å². The fourth-order valence-corrected chi connectivity index (χ4v) is 6.31. The van der Waals surface area contributed by atoms with Crippen LogP contribution in [0.3, 0.4) is 0 Å². The molecular formula is C23H42O9Si. The van der Waals surface area contributed by atoms with Gasteiger partial charge in [0, 0.05) is 14.5 Å². The summed E-state index contributed by atoms with van der Waals surface area (Å²) >= 11 is 0. The first kappa shape index (κ1) is 27.2. The molecule has 4 heterocycles. The predicted octanol–water partition coefficient (Wildman–Crippen LogP) is 2.11. The van der Waals surface area contributed by atoms with Crippen LogP contribution in [0.4, 0.5) is 0 Å². The van der Waals surface area contributed by atoms with Crippen molar-refractivity contribution in [2.75, 3.05) is 0 Å². The summed E-state index contributed by atoms with van der Waals surface area (Å²) in [5.74, 6) is -1.37. The van der Waals surface area contributed by atoms with Gasteiger partial charge in [-0.25, -0.2) is 0 Å². The molecule has 4 saturated heterocycles. The lowest BCUT2D eigenvalue weighted by Crippen LogP contribution is -2.37. The van der Waals surface area contributed by atoms with E-state index in [1.807, 2.05) is 13.8 Å². The molecule has 3 N–H and O–H groups in total. The van der Waals surface area contributed by atoms with E-state index in [-0.39, 0.29) is 12.2 Å². The standard InChI is InChI=1S/C13H26O5Si.C10H16O4/c1-13(2)17-11-10(15)9(16-12(11)18-13)6-8(14)7-19(3,4)5;1-4-5-6-7(11)8-9(12-6)14-10(2,3)13-8/h8-12,14-15H,6-7H2,1-5H3;4,6-9,11H,1,5H2,2-3H3/t8?,9?,10-,11?,12+;6?,7-,8?,9+/m00/s1. The van der Waals surface area contributed by atoms with Crippen LogP contribution in [0.1, 0.15) is 40.5 Å². The van der Waals surface area contributed by atoms with Gasteiger partial charge in [0.2, 0.25) is 0 Å². The average molecular weight is 491 g/mol. The van der Waals surface area contributed by atoms with Crippen LogP contribution in [-0.2, 0) is 28.4 Å². The van der Waals surface area contributed by atoms with Crippen LogP contribution < -0.4 is 0 Å².